The zero-order valence-corrected chi connectivity index (χ0v) is 14.6. The average molecular weight is 362 g/mol. The molecule has 0 unspecified atom stereocenters. The second-order valence-corrected chi connectivity index (χ2v) is 6.30. The Labute approximate surface area is 149 Å². The zero-order chi connectivity index (χ0) is 18.7. The molecule has 2 aromatic heterocycles. The van der Waals surface area contributed by atoms with Crippen LogP contribution in [0.15, 0.2) is 32.4 Å². The quantitative estimate of drug-likeness (QED) is 0.611. The van der Waals surface area contributed by atoms with Gasteiger partial charge in [-0.05, 0) is 25.0 Å². The Kier molecular flexibility index (Phi) is 5.38. The first-order valence-electron chi connectivity index (χ1n) is 8.42. The molecule has 140 valence electrons. The van der Waals surface area contributed by atoms with Gasteiger partial charge in [0.05, 0.1) is 32.5 Å². The third-order valence-corrected chi connectivity index (χ3v) is 4.39. The lowest BCUT2D eigenvalue weighted by Gasteiger charge is -2.20. The van der Waals surface area contributed by atoms with Crippen LogP contribution < -0.4 is 17.0 Å². The molecule has 9 nitrogen and oxygen atoms in total. The van der Waals surface area contributed by atoms with E-state index in [0.29, 0.717) is 6.54 Å². The van der Waals surface area contributed by atoms with E-state index >= 15 is 0 Å². The lowest BCUT2D eigenvalue weighted by atomic mass is 10.1. The van der Waals surface area contributed by atoms with E-state index in [0.717, 1.165) is 23.2 Å². The fraction of sp³-hybridized carbons (Fsp3) is 0.471. The van der Waals surface area contributed by atoms with Crippen molar-refractivity contribution < 1.29 is 13.9 Å². The van der Waals surface area contributed by atoms with Gasteiger partial charge in [0.15, 0.2) is 5.78 Å². The minimum absolute atomic E-state index is 0.0289. The molecular formula is C17H22N4O5. The summed E-state index contributed by atoms with van der Waals surface area (Å²) in [6.07, 6.45) is 3.57. The van der Waals surface area contributed by atoms with Crippen molar-refractivity contribution in [2.75, 3.05) is 26.0 Å². The van der Waals surface area contributed by atoms with Gasteiger partial charge >= 0.3 is 5.69 Å². The first-order valence-corrected chi connectivity index (χ1v) is 8.42. The monoisotopic (exact) mass is 362 g/mol. The van der Waals surface area contributed by atoms with Gasteiger partial charge in [0, 0.05) is 13.2 Å². The van der Waals surface area contributed by atoms with Crippen LogP contribution in [0, 0.1) is 0 Å². The maximum Gasteiger partial charge on any atom is 0.330 e. The number of carbonyl (C=O) groups excluding carboxylic acids is 1. The third-order valence-electron chi connectivity index (χ3n) is 4.39. The summed E-state index contributed by atoms with van der Waals surface area (Å²) in [6.45, 7) is 0.888. The maximum absolute atomic E-state index is 12.8. The Morgan fingerprint density at radius 2 is 2.23 bits per heavy atom. The number of nitrogens with one attached hydrogen (secondary N) is 1. The van der Waals surface area contributed by atoms with Gasteiger partial charge in [-0.1, -0.05) is 0 Å². The van der Waals surface area contributed by atoms with E-state index in [-0.39, 0.29) is 37.1 Å². The minimum Gasteiger partial charge on any atom is -0.468 e. The number of Topliss-reactive ketones (excluding diaryl/α,β-unsaturated/α-hetero) is 1. The number of aromatic amines is 1. The van der Waals surface area contributed by atoms with Gasteiger partial charge in [-0.15, -0.1) is 0 Å². The smallest absolute Gasteiger partial charge is 0.330 e. The highest BCUT2D eigenvalue weighted by Crippen LogP contribution is 2.28. The van der Waals surface area contributed by atoms with E-state index in [1.54, 1.807) is 12.3 Å². The van der Waals surface area contributed by atoms with Crippen molar-refractivity contribution in [3.05, 3.63) is 50.6 Å². The van der Waals surface area contributed by atoms with Crippen LogP contribution in [-0.2, 0) is 17.8 Å². The number of H-pyrrole nitrogens is 1. The van der Waals surface area contributed by atoms with E-state index in [4.69, 9.17) is 14.9 Å². The Morgan fingerprint density at radius 3 is 2.85 bits per heavy atom. The lowest BCUT2D eigenvalue weighted by molar-refractivity contribution is 0.0911. The van der Waals surface area contributed by atoms with Crippen LogP contribution in [0.5, 0.6) is 0 Å². The van der Waals surface area contributed by atoms with Gasteiger partial charge < -0.3 is 14.9 Å². The van der Waals surface area contributed by atoms with E-state index in [1.165, 1.54) is 7.11 Å². The summed E-state index contributed by atoms with van der Waals surface area (Å²) in [6, 6.07) is 3.91. The molecule has 0 aromatic carbocycles. The summed E-state index contributed by atoms with van der Waals surface area (Å²) in [5.74, 6) is 0.194. The van der Waals surface area contributed by atoms with Crippen LogP contribution in [0.25, 0.3) is 0 Å². The summed E-state index contributed by atoms with van der Waals surface area (Å²) < 4.78 is 11.4. The number of nitrogens with two attached hydrogens (primary N) is 1. The van der Waals surface area contributed by atoms with E-state index in [1.807, 2.05) is 11.0 Å². The Balaban J connectivity index is 1.84. The summed E-state index contributed by atoms with van der Waals surface area (Å²) in [4.78, 5) is 41.0. The van der Waals surface area contributed by atoms with Crippen molar-refractivity contribution in [2.45, 2.75) is 32.0 Å². The number of nitrogens with zero attached hydrogens (tertiary/aromatic N) is 2. The maximum atomic E-state index is 12.8. The van der Waals surface area contributed by atoms with Crippen molar-refractivity contribution in [2.24, 2.45) is 0 Å². The molecule has 2 aromatic rings. The second-order valence-electron chi connectivity index (χ2n) is 6.30. The van der Waals surface area contributed by atoms with Gasteiger partial charge in [0.1, 0.15) is 17.1 Å². The number of carbonyl (C=O) groups is 1. The SMILES string of the molecule is COCCn1c(N)c(C(=O)CN(Cc2ccco2)C2CC2)c(=O)[nH]c1=O. The molecule has 3 rings (SSSR count). The van der Waals surface area contributed by atoms with Gasteiger partial charge in [-0.3, -0.25) is 24.0 Å². The molecule has 26 heavy (non-hydrogen) atoms. The molecule has 0 bridgehead atoms. The van der Waals surface area contributed by atoms with Crippen LogP contribution in [-0.4, -0.2) is 46.5 Å². The third kappa shape index (κ3) is 3.94. The minimum atomic E-state index is -0.764. The van der Waals surface area contributed by atoms with Gasteiger partial charge in [0.25, 0.3) is 5.56 Å². The Bertz CT molecular complexity index is 880. The normalized spacial score (nSPS) is 14.1. The fourth-order valence-corrected chi connectivity index (χ4v) is 2.88. The largest absolute Gasteiger partial charge is 0.468 e. The van der Waals surface area contributed by atoms with Crippen LogP contribution >= 0.6 is 0 Å². The number of hydrogen-bond donors (Lipinski definition) is 2. The number of ketones is 1. The molecule has 0 spiro atoms. The van der Waals surface area contributed by atoms with Gasteiger partial charge in [0.2, 0.25) is 0 Å². The number of anilines is 1. The fourth-order valence-electron chi connectivity index (χ4n) is 2.88. The Hall–Kier alpha value is -2.65. The van der Waals surface area contributed by atoms with Crippen LogP contribution in [0.2, 0.25) is 0 Å². The highest BCUT2D eigenvalue weighted by Gasteiger charge is 2.32. The summed E-state index contributed by atoms with van der Waals surface area (Å²) in [5, 5.41) is 0. The number of ether oxygens (including phenoxy) is 1. The van der Waals surface area contributed by atoms with Crippen LogP contribution in [0.3, 0.4) is 0 Å². The van der Waals surface area contributed by atoms with Crippen molar-refractivity contribution in [1.82, 2.24) is 14.5 Å². The number of nitrogen functional groups attached to an aromatic ring is 1. The summed E-state index contributed by atoms with van der Waals surface area (Å²) in [5.41, 5.74) is 4.35. The van der Waals surface area contributed by atoms with E-state index in [9.17, 15) is 14.4 Å². The van der Waals surface area contributed by atoms with Crippen LogP contribution in [0.1, 0.15) is 29.0 Å². The molecule has 1 saturated carbocycles. The van der Waals surface area contributed by atoms with E-state index < -0.39 is 17.0 Å². The number of methoxy groups -OCH3 is 1. The molecule has 0 amide bonds. The molecule has 1 aliphatic carbocycles. The van der Waals surface area contributed by atoms with Crippen molar-refractivity contribution >= 4 is 11.6 Å². The molecule has 1 aliphatic rings. The first kappa shape index (κ1) is 18.2. The molecule has 9 heteroatoms. The molecule has 0 radical (unpaired) electrons. The topological polar surface area (TPSA) is 124 Å². The molecule has 0 saturated heterocycles. The number of aromatic nitrogens is 2. The Morgan fingerprint density at radius 1 is 1.46 bits per heavy atom. The van der Waals surface area contributed by atoms with Gasteiger partial charge in [-0.25, -0.2) is 4.79 Å². The molecule has 1 fully saturated rings. The van der Waals surface area contributed by atoms with Crippen molar-refractivity contribution in [3.8, 4) is 0 Å². The van der Waals surface area contributed by atoms with Crippen LogP contribution in [0.4, 0.5) is 5.82 Å². The predicted octanol–water partition coefficient (Wildman–Crippen LogP) is 0.206. The molecule has 0 atom stereocenters. The average Bonchev–Trinajstić information content (AvgIpc) is 3.31. The number of hydrogen-bond acceptors (Lipinski definition) is 7. The second kappa shape index (κ2) is 7.71. The molecule has 0 aliphatic heterocycles. The predicted molar refractivity (Wildman–Crippen MR) is 94.1 cm³/mol. The lowest BCUT2D eigenvalue weighted by Crippen LogP contribution is -2.40. The molecular weight excluding hydrogens is 340 g/mol. The van der Waals surface area contributed by atoms with E-state index in [2.05, 4.69) is 4.98 Å². The summed E-state index contributed by atoms with van der Waals surface area (Å²) >= 11 is 0. The molecule has 3 N–H and O–H groups in total. The number of furan rings is 1. The van der Waals surface area contributed by atoms with Gasteiger partial charge in [-0.2, -0.15) is 0 Å². The molecule has 2 heterocycles. The highest BCUT2D eigenvalue weighted by atomic mass is 16.5. The zero-order valence-electron chi connectivity index (χ0n) is 14.6. The standard InChI is InChI=1S/C17H22N4O5/c1-25-8-6-21-15(18)14(16(23)19-17(21)24)13(22)10-20(11-4-5-11)9-12-3-2-7-26-12/h2-3,7,11H,4-6,8-10,18H2,1H3,(H,19,23,24). The highest BCUT2D eigenvalue weighted by molar-refractivity contribution is 6.01. The summed E-state index contributed by atoms with van der Waals surface area (Å²) in [7, 11) is 1.49. The number of rotatable bonds is 9. The van der Waals surface area contributed by atoms with Crippen molar-refractivity contribution in [1.29, 1.82) is 0 Å². The first-order chi connectivity index (χ1) is 12.5. The van der Waals surface area contributed by atoms with Crippen molar-refractivity contribution in [3.63, 3.8) is 0 Å².